The number of hydrogen-bond acceptors (Lipinski definition) is 15. The zero-order valence-corrected chi connectivity index (χ0v) is 52.0. The SMILES string of the molecule is CCn1c(-c2nc3cc(C(=O)N4CC(NC(=O)OC(C)(C)C)Cc5ccccc54)cc(OC)c3n2C)cc2cccnc21.CCn1c(C=O)cc2cccnc21.CNc1c(OC)cc(C(=O)N2CC(NC(=O)OC(C)(C)C)Cc3ccccc32)cc1[N+](=O)[O-]. The maximum absolute atomic E-state index is 14.2. The van der Waals surface area contributed by atoms with Gasteiger partial charge in [0.1, 0.15) is 39.5 Å². The molecule has 9 aromatic rings. The molecule has 4 amide bonds. The summed E-state index contributed by atoms with van der Waals surface area (Å²) in [5.74, 6) is 0.837. The molecule has 4 aromatic carbocycles. The maximum atomic E-state index is 14.2. The predicted octanol–water partition coefficient (Wildman–Crippen LogP) is 11.3. The number of hydrogen-bond donors (Lipinski definition) is 3. The number of anilines is 3. The van der Waals surface area contributed by atoms with E-state index < -0.39 is 40.3 Å². The molecule has 0 radical (unpaired) electrons. The molecule has 0 saturated heterocycles. The smallest absolute Gasteiger partial charge is 0.407 e. The van der Waals surface area contributed by atoms with Crippen LogP contribution >= 0.6 is 0 Å². The summed E-state index contributed by atoms with van der Waals surface area (Å²) in [6.07, 6.45) is 4.42. The van der Waals surface area contributed by atoms with Crippen molar-refractivity contribution in [3.63, 3.8) is 0 Å². The second-order valence-electron chi connectivity index (χ2n) is 23.3. The van der Waals surface area contributed by atoms with Crippen LogP contribution in [-0.2, 0) is 42.5 Å². The summed E-state index contributed by atoms with van der Waals surface area (Å²) < 4.78 is 28.0. The number of carbonyl (C=O) groups is 5. The first-order valence-electron chi connectivity index (χ1n) is 29.2. The monoisotopic (exact) mass is 1210 g/mol. The number of alkyl carbamates (subject to hydrolysis) is 2. The Balaban J connectivity index is 0.000000180. The van der Waals surface area contributed by atoms with Crippen molar-refractivity contribution < 1.29 is 47.8 Å². The van der Waals surface area contributed by atoms with E-state index in [1.165, 1.54) is 24.1 Å². The largest absolute Gasteiger partial charge is 0.494 e. The van der Waals surface area contributed by atoms with Crippen molar-refractivity contribution >= 4 is 86.1 Å². The zero-order valence-electron chi connectivity index (χ0n) is 52.0. The molecular weight excluding hydrogens is 1140 g/mol. The molecule has 0 spiro atoms. The third-order valence-corrected chi connectivity index (χ3v) is 15.0. The first kappa shape index (κ1) is 63.2. The molecule has 3 N–H and O–H groups in total. The van der Waals surface area contributed by atoms with Gasteiger partial charge in [-0.3, -0.25) is 24.5 Å². The molecule has 23 heteroatoms. The zero-order chi connectivity index (χ0) is 64.1. The number of ether oxygens (including phenoxy) is 4. The van der Waals surface area contributed by atoms with Gasteiger partial charge < -0.3 is 58.4 Å². The number of nitrogens with one attached hydrogen (secondary N) is 3. The number of aryl methyl sites for hydroxylation is 3. The fourth-order valence-electron chi connectivity index (χ4n) is 11.3. The van der Waals surface area contributed by atoms with E-state index in [9.17, 15) is 34.1 Å². The highest BCUT2D eigenvalue weighted by Gasteiger charge is 2.35. The molecule has 23 nitrogen and oxygen atoms in total. The number of para-hydroxylation sites is 2. The minimum absolute atomic E-state index is 0.102. The molecule has 7 heterocycles. The van der Waals surface area contributed by atoms with Gasteiger partial charge in [-0.2, -0.15) is 0 Å². The number of rotatable bonds is 12. The lowest BCUT2D eigenvalue weighted by Gasteiger charge is -2.35. The van der Waals surface area contributed by atoms with E-state index >= 15 is 0 Å². The first-order valence-corrected chi connectivity index (χ1v) is 29.2. The molecule has 464 valence electrons. The van der Waals surface area contributed by atoms with Crippen molar-refractivity contribution in [2.45, 2.75) is 105 Å². The highest BCUT2D eigenvalue weighted by atomic mass is 16.6. The standard InChI is InChI=1S/C33H36N6O4.C23H28N4O6.C10H10N2O/c1-7-38-26(17-21-12-10-14-34-29(21)38)30-36-24-16-22(18-27(42-6)28(24)37(30)5)31(40)39-19-23(35-32(41)43-33(2,3)4)15-20-11-8-9-13-25(20)39;1-23(2,3)33-22(29)25-16-10-14-8-6-7-9-17(14)26(13-16)21(28)15-11-18(27(30)31)20(24-4)19(12-15)32-5;1-2-12-9(7-13)6-8-4-3-5-11-10(8)12/h8-14,16-18,23H,7,15,19H2,1-6H3,(H,35,41);6-9,11-12,16,24H,10,13H2,1-5H3,(H,25,29);3-7H,2H2,1H3. The summed E-state index contributed by atoms with van der Waals surface area (Å²) in [5.41, 5.74) is 7.36. The lowest BCUT2D eigenvalue weighted by Crippen LogP contribution is -2.51. The molecule has 11 rings (SSSR count). The number of nitro groups is 1. The lowest BCUT2D eigenvalue weighted by atomic mass is 9.97. The number of nitrogens with zero attached hydrogens (tertiary/aromatic N) is 9. The Morgan fingerprint density at radius 2 is 1.17 bits per heavy atom. The fraction of sp³-hybridized carbons (Fsp3) is 0.333. The number of pyridine rings is 2. The van der Waals surface area contributed by atoms with Gasteiger partial charge in [0.2, 0.25) is 0 Å². The number of fused-ring (bicyclic) bond motifs is 5. The van der Waals surface area contributed by atoms with Crippen molar-refractivity contribution in [2.75, 3.05) is 49.5 Å². The van der Waals surface area contributed by atoms with Crippen molar-refractivity contribution in [3.05, 3.63) is 160 Å². The van der Waals surface area contributed by atoms with Crippen LogP contribution in [0.15, 0.2) is 122 Å². The average molecular weight is 1210 g/mol. The van der Waals surface area contributed by atoms with Crippen LogP contribution in [0.5, 0.6) is 11.5 Å². The summed E-state index contributed by atoms with van der Waals surface area (Å²) >= 11 is 0. The van der Waals surface area contributed by atoms with Crippen LogP contribution in [0.1, 0.15) is 97.7 Å². The van der Waals surface area contributed by atoms with Crippen molar-refractivity contribution in [2.24, 2.45) is 7.05 Å². The average Bonchev–Trinajstić information content (AvgIpc) is 2.01. The van der Waals surface area contributed by atoms with Gasteiger partial charge in [0.15, 0.2) is 17.8 Å². The maximum Gasteiger partial charge on any atom is 0.407 e. The van der Waals surface area contributed by atoms with Gasteiger partial charge in [0.05, 0.1) is 53.7 Å². The molecule has 0 saturated carbocycles. The molecule has 2 atom stereocenters. The molecule has 0 fully saturated rings. The van der Waals surface area contributed by atoms with Crippen LogP contribution in [0.25, 0.3) is 44.6 Å². The molecule has 0 bridgehead atoms. The van der Waals surface area contributed by atoms with Crippen molar-refractivity contribution in [1.82, 2.24) is 39.3 Å². The Bertz CT molecular complexity index is 4150. The normalized spacial score (nSPS) is 14.5. The van der Waals surface area contributed by atoms with Gasteiger partial charge in [-0.1, -0.05) is 36.4 Å². The van der Waals surface area contributed by atoms with Crippen molar-refractivity contribution in [1.29, 1.82) is 0 Å². The van der Waals surface area contributed by atoms with Crippen LogP contribution in [0.2, 0.25) is 0 Å². The summed E-state index contributed by atoms with van der Waals surface area (Å²) in [6, 6.07) is 32.4. The van der Waals surface area contributed by atoms with Crippen LogP contribution in [0.4, 0.5) is 32.3 Å². The molecule has 2 aliphatic rings. The molecular formula is C66H74N12O11. The topological polar surface area (TPSA) is 261 Å². The number of amides is 4. The Kier molecular flexibility index (Phi) is 18.7. The second kappa shape index (κ2) is 26.3. The van der Waals surface area contributed by atoms with E-state index in [1.807, 2.05) is 129 Å². The molecule has 2 unspecified atom stereocenters. The van der Waals surface area contributed by atoms with Gasteiger partial charge >= 0.3 is 12.2 Å². The highest BCUT2D eigenvalue weighted by Crippen LogP contribution is 2.39. The number of aldehydes is 1. The molecule has 2 aliphatic heterocycles. The molecule has 89 heavy (non-hydrogen) atoms. The summed E-state index contributed by atoms with van der Waals surface area (Å²) in [5, 5.41) is 22.2. The Morgan fingerprint density at radius 3 is 1.65 bits per heavy atom. The third kappa shape index (κ3) is 13.8. The van der Waals surface area contributed by atoms with Gasteiger partial charge in [0.25, 0.3) is 17.5 Å². The van der Waals surface area contributed by atoms with E-state index in [4.69, 9.17) is 23.9 Å². The number of methoxy groups -OCH3 is 2. The van der Waals surface area contributed by atoms with Crippen LogP contribution < -0.4 is 35.2 Å². The van der Waals surface area contributed by atoms with Crippen LogP contribution in [0.3, 0.4) is 0 Å². The number of aromatic nitrogens is 6. The van der Waals surface area contributed by atoms with E-state index in [2.05, 4.69) is 43.5 Å². The summed E-state index contributed by atoms with van der Waals surface area (Å²) in [7, 11) is 6.47. The summed E-state index contributed by atoms with van der Waals surface area (Å²) in [6.45, 7) is 16.8. The van der Waals surface area contributed by atoms with E-state index in [0.29, 0.717) is 47.6 Å². The number of imidazole rings is 1. The van der Waals surface area contributed by atoms with Gasteiger partial charge in [-0.15, -0.1) is 0 Å². The Hall–Kier alpha value is -10.3. The Morgan fingerprint density at radius 1 is 0.674 bits per heavy atom. The minimum Gasteiger partial charge on any atom is -0.494 e. The highest BCUT2D eigenvalue weighted by molar-refractivity contribution is 6.10. The molecule has 5 aromatic heterocycles. The van der Waals surface area contributed by atoms with Gasteiger partial charge in [-0.05, 0) is 146 Å². The van der Waals surface area contributed by atoms with E-state index in [0.717, 1.165) is 75.3 Å². The third-order valence-electron chi connectivity index (χ3n) is 15.0. The van der Waals surface area contributed by atoms with Crippen LogP contribution in [0, 0.1) is 10.1 Å². The number of benzene rings is 4. The first-order chi connectivity index (χ1) is 42.5. The van der Waals surface area contributed by atoms with E-state index in [-0.39, 0.29) is 41.2 Å². The molecule has 0 aliphatic carbocycles. The number of carbonyl (C=O) groups excluding carboxylic acids is 5. The van der Waals surface area contributed by atoms with Gasteiger partial charge in [0, 0.05) is 86.4 Å². The predicted molar refractivity (Wildman–Crippen MR) is 342 cm³/mol. The van der Waals surface area contributed by atoms with E-state index in [1.54, 1.807) is 58.3 Å². The minimum atomic E-state index is -0.656. The fourth-order valence-corrected chi connectivity index (χ4v) is 11.3. The quantitative estimate of drug-likeness (QED) is 0.0583. The van der Waals surface area contributed by atoms with Gasteiger partial charge in [-0.25, -0.2) is 24.5 Å². The second-order valence-corrected chi connectivity index (χ2v) is 23.3. The Labute approximate surface area is 515 Å². The lowest BCUT2D eigenvalue weighted by molar-refractivity contribution is -0.384. The summed E-state index contributed by atoms with van der Waals surface area (Å²) in [4.78, 5) is 91.5. The number of nitro benzene ring substituents is 1. The van der Waals surface area contributed by atoms with Crippen molar-refractivity contribution in [3.8, 4) is 23.0 Å². The van der Waals surface area contributed by atoms with Crippen LogP contribution in [-0.4, -0.2) is 122 Å².